The van der Waals surface area contributed by atoms with Gasteiger partial charge in [-0.2, -0.15) is 0 Å². The van der Waals surface area contributed by atoms with Crippen molar-refractivity contribution >= 4 is 23.2 Å². The lowest BCUT2D eigenvalue weighted by atomic mass is 9.63. The van der Waals surface area contributed by atoms with Gasteiger partial charge < -0.3 is 4.90 Å². The van der Waals surface area contributed by atoms with E-state index in [1.165, 1.54) is 0 Å². The third-order valence-electron chi connectivity index (χ3n) is 7.21. The third kappa shape index (κ3) is 4.33. The van der Waals surface area contributed by atoms with Gasteiger partial charge in [0.1, 0.15) is 0 Å². The van der Waals surface area contributed by atoms with Gasteiger partial charge in [-0.3, -0.25) is 9.59 Å². The van der Waals surface area contributed by atoms with Crippen LogP contribution in [0.4, 0.5) is 0 Å². The van der Waals surface area contributed by atoms with Gasteiger partial charge in [-0.1, -0.05) is 71.2 Å². The van der Waals surface area contributed by atoms with Crippen LogP contribution in [0.5, 0.6) is 0 Å². The molecule has 1 aliphatic heterocycles. The van der Waals surface area contributed by atoms with E-state index in [0.717, 1.165) is 66.8 Å². The van der Waals surface area contributed by atoms with Gasteiger partial charge in [-0.15, -0.1) is 0 Å². The van der Waals surface area contributed by atoms with Crippen molar-refractivity contribution in [3.05, 3.63) is 57.4 Å². The molecule has 0 saturated carbocycles. The first-order chi connectivity index (χ1) is 15.0. The van der Waals surface area contributed by atoms with Crippen LogP contribution >= 0.6 is 11.6 Å². The first-order valence-electron chi connectivity index (χ1n) is 12.1. The van der Waals surface area contributed by atoms with E-state index in [-0.39, 0.29) is 28.3 Å². The first-order valence-corrected chi connectivity index (χ1v) is 12.5. The van der Waals surface area contributed by atoms with Crippen molar-refractivity contribution in [3.63, 3.8) is 0 Å². The van der Waals surface area contributed by atoms with E-state index in [1.807, 2.05) is 24.3 Å². The molecule has 32 heavy (non-hydrogen) atoms. The highest BCUT2D eigenvalue weighted by Crippen LogP contribution is 2.54. The van der Waals surface area contributed by atoms with Crippen molar-refractivity contribution in [3.8, 4) is 0 Å². The summed E-state index contributed by atoms with van der Waals surface area (Å²) in [5, 5.41) is 0.668. The molecule has 0 atom stereocenters. The quantitative estimate of drug-likeness (QED) is 0.441. The van der Waals surface area contributed by atoms with Gasteiger partial charge in [0.05, 0.1) is 0 Å². The fraction of sp³-hybridized carbons (Fsp3) is 0.571. The second-order valence-electron chi connectivity index (χ2n) is 11.4. The number of unbranched alkanes of at least 4 members (excludes halogenated alkanes) is 2. The van der Waals surface area contributed by atoms with E-state index >= 15 is 0 Å². The van der Waals surface area contributed by atoms with Crippen molar-refractivity contribution in [2.75, 3.05) is 6.54 Å². The fourth-order valence-electron chi connectivity index (χ4n) is 5.83. The molecule has 1 aromatic rings. The molecule has 0 aromatic heterocycles. The predicted molar refractivity (Wildman–Crippen MR) is 131 cm³/mol. The van der Waals surface area contributed by atoms with Crippen LogP contribution in [0.1, 0.15) is 91.0 Å². The Bertz CT molecular complexity index is 943. The van der Waals surface area contributed by atoms with E-state index in [1.54, 1.807) is 0 Å². The number of carbonyl (C=O) groups is 2. The Morgan fingerprint density at radius 1 is 0.844 bits per heavy atom. The van der Waals surface area contributed by atoms with E-state index < -0.39 is 0 Å². The molecule has 0 spiro atoms. The normalized spacial score (nSPS) is 22.9. The summed E-state index contributed by atoms with van der Waals surface area (Å²) in [6.07, 6.45) is 6.16. The SMILES string of the molecule is CCCCCN1C2=C(C(=O)CC(C)(C)C2)C(c2ccc(Cl)cc2)C2=C1CC(C)(C)CC2=O. The highest BCUT2D eigenvalue weighted by molar-refractivity contribution is 6.30. The first kappa shape index (κ1) is 23.3. The van der Waals surface area contributed by atoms with Crippen LogP contribution in [0.2, 0.25) is 5.02 Å². The molecule has 2 aliphatic carbocycles. The Morgan fingerprint density at radius 2 is 1.34 bits per heavy atom. The molecule has 0 unspecified atom stereocenters. The highest BCUT2D eigenvalue weighted by atomic mass is 35.5. The smallest absolute Gasteiger partial charge is 0.162 e. The molecule has 0 saturated heterocycles. The number of Topliss-reactive ketones (excluding diaryl/α,β-unsaturated/α-hetero) is 2. The van der Waals surface area contributed by atoms with Crippen LogP contribution in [0.25, 0.3) is 0 Å². The van der Waals surface area contributed by atoms with Crippen LogP contribution in [0.15, 0.2) is 46.8 Å². The number of carbonyl (C=O) groups excluding carboxylic acids is 2. The molecule has 0 N–H and O–H groups in total. The summed E-state index contributed by atoms with van der Waals surface area (Å²) < 4.78 is 0. The Hall–Kier alpha value is -1.87. The molecule has 1 heterocycles. The van der Waals surface area contributed by atoms with E-state index in [0.29, 0.717) is 17.9 Å². The Kier molecular flexibility index (Phi) is 6.17. The number of ketones is 2. The van der Waals surface area contributed by atoms with Gasteiger partial charge in [0.25, 0.3) is 0 Å². The molecular formula is C28H36ClNO2. The average molecular weight is 454 g/mol. The Labute approximate surface area is 197 Å². The minimum Gasteiger partial charge on any atom is -0.348 e. The predicted octanol–water partition coefficient (Wildman–Crippen LogP) is 7.22. The zero-order valence-corrected chi connectivity index (χ0v) is 20.9. The largest absolute Gasteiger partial charge is 0.348 e. The van der Waals surface area contributed by atoms with Crippen molar-refractivity contribution in [2.24, 2.45) is 10.8 Å². The average Bonchev–Trinajstić information content (AvgIpc) is 2.67. The topological polar surface area (TPSA) is 37.4 Å². The summed E-state index contributed by atoms with van der Waals surface area (Å²) in [6, 6.07) is 7.74. The molecular weight excluding hydrogens is 418 g/mol. The molecule has 172 valence electrons. The molecule has 0 amide bonds. The number of nitrogens with zero attached hydrogens (tertiary/aromatic N) is 1. The molecule has 4 rings (SSSR count). The van der Waals surface area contributed by atoms with Crippen LogP contribution in [-0.4, -0.2) is 23.0 Å². The van der Waals surface area contributed by atoms with Crippen molar-refractivity contribution in [2.45, 2.75) is 85.5 Å². The van der Waals surface area contributed by atoms with Crippen LogP contribution in [0.3, 0.4) is 0 Å². The second-order valence-corrected chi connectivity index (χ2v) is 11.9. The molecule has 1 aromatic carbocycles. The molecule has 0 fully saturated rings. The molecule has 3 aliphatic rings. The van der Waals surface area contributed by atoms with Gasteiger partial charge in [0.2, 0.25) is 0 Å². The van der Waals surface area contributed by atoms with Crippen LogP contribution in [0, 0.1) is 10.8 Å². The minimum atomic E-state index is -0.271. The number of rotatable bonds is 5. The van der Waals surface area contributed by atoms with E-state index in [9.17, 15) is 9.59 Å². The van der Waals surface area contributed by atoms with Crippen molar-refractivity contribution < 1.29 is 9.59 Å². The molecule has 0 radical (unpaired) electrons. The minimum absolute atomic E-state index is 0.0737. The maximum atomic E-state index is 13.6. The fourth-order valence-corrected chi connectivity index (χ4v) is 5.95. The number of hydrogen-bond acceptors (Lipinski definition) is 3. The number of hydrogen-bond donors (Lipinski definition) is 0. The van der Waals surface area contributed by atoms with Crippen molar-refractivity contribution in [1.82, 2.24) is 4.90 Å². The highest BCUT2D eigenvalue weighted by Gasteiger charge is 2.48. The molecule has 4 heteroatoms. The maximum Gasteiger partial charge on any atom is 0.162 e. The summed E-state index contributed by atoms with van der Waals surface area (Å²) in [6.45, 7) is 11.9. The summed E-state index contributed by atoms with van der Waals surface area (Å²) in [5.41, 5.74) is 4.89. The Balaban J connectivity index is 1.94. The summed E-state index contributed by atoms with van der Waals surface area (Å²) in [4.78, 5) is 29.7. The second kappa shape index (κ2) is 8.48. The zero-order chi connectivity index (χ0) is 23.3. The van der Waals surface area contributed by atoms with Crippen molar-refractivity contribution in [1.29, 1.82) is 0 Å². The lowest BCUT2D eigenvalue weighted by Gasteiger charge is -2.49. The number of halogens is 1. The standard InChI is InChI=1S/C28H36ClNO2/c1-6-7-8-13-30-20-14-27(2,3)16-22(31)25(20)24(18-9-11-19(29)12-10-18)26-21(30)15-28(4,5)17-23(26)32/h9-12,24H,6-8,13-17H2,1-5H3. The zero-order valence-electron chi connectivity index (χ0n) is 20.2. The van der Waals surface area contributed by atoms with Gasteiger partial charge in [-0.25, -0.2) is 0 Å². The van der Waals surface area contributed by atoms with Gasteiger partial charge >= 0.3 is 0 Å². The summed E-state index contributed by atoms with van der Waals surface area (Å²) in [7, 11) is 0. The van der Waals surface area contributed by atoms with E-state index in [4.69, 9.17) is 11.6 Å². The lowest BCUT2D eigenvalue weighted by Crippen LogP contribution is -2.44. The van der Waals surface area contributed by atoms with Crippen LogP contribution in [-0.2, 0) is 9.59 Å². The van der Waals surface area contributed by atoms with Crippen LogP contribution < -0.4 is 0 Å². The lowest BCUT2D eigenvalue weighted by molar-refractivity contribution is -0.119. The Morgan fingerprint density at radius 3 is 1.81 bits per heavy atom. The van der Waals surface area contributed by atoms with E-state index in [2.05, 4.69) is 39.5 Å². The summed E-state index contributed by atoms with van der Waals surface area (Å²) >= 11 is 6.19. The number of allylic oxidation sites excluding steroid dienone is 4. The number of benzene rings is 1. The van der Waals surface area contributed by atoms with Gasteiger partial charge in [0.15, 0.2) is 11.6 Å². The maximum absolute atomic E-state index is 13.6. The summed E-state index contributed by atoms with van der Waals surface area (Å²) in [5.74, 6) is 0.119. The monoisotopic (exact) mass is 453 g/mol. The third-order valence-corrected chi connectivity index (χ3v) is 7.46. The van der Waals surface area contributed by atoms with Gasteiger partial charge in [-0.05, 0) is 47.8 Å². The molecule has 0 bridgehead atoms. The molecule has 3 nitrogen and oxygen atoms in total. The van der Waals surface area contributed by atoms with Gasteiger partial charge in [0, 0.05) is 52.9 Å².